The van der Waals surface area contributed by atoms with Gasteiger partial charge in [-0.05, 0) is 50.7 Å². The van der Waals surface area contributed by atoms with E-state index in [0.717, 1.165) is 44.2 Å². The Labute approximate surface area is 170 Å². The summed E-state index contributed by atoms with van der Waals surface area (Å²) >= 11 is 0. The Balaban J connectivity index is 1.32. The van der Waals surface area contributed by atoms with E-state index in [0.29, 0.717) is 0 Å². The summed E-state index contributed by atoms with van der Waals surface area (Å²) in [6.45, 7) is 0.128. The van der Waals surface area contributed by atoms with Crippen molar-refractivity contribution in [3.8, 4) is 6.07 Å². The maximum Gasteiger partial charge on any atom is 0.237 e. The highest BCUT2D eigenvalue weighted by Gasteiger charge is 2.52. The van der Waals surface area contributed by atoms with Gasteiger partial charge in [0.25, 0.3) is 0 Å². The second-order valence-electron chi connectivity index (χ2n) is 8.76. The predicted molar refractivity (Wildman–Crippen MR) is 107 cm³/mol. The van der Waals surface area contributed by atoms with Gasteiger partial charge < -0.3 is 15.5 Å². The van der Waals surface area contributed by atoms with E-state index in [4.69, 9.17) is 5.26 Å². The average molecular weight is 398 g/mol. The van der Waals surface area contributed by atoms with Gasteiger partial charge in [0.1, 0.15) is 12.2 Å². The number of hydrogen-bond donors (Lipinski definition) is 2. The molecule has 6 nitrogen and oxygen atoms in total. The van der Waals surface area contributed by atoms with Gasteiger partial charge in [0.2, 0.25) is 11.8 Å². The van der Waals surface area contributed by atoms with Gasteiger partial charge in [-0.3, -0.25) is 9.59 Å². The number of benzene rings is 1. The van der Waals surface area contributed by atoms with Crippen molar-refractivity contribution in [2.24, 2.45) is 5.41 Å². The zero-order chi connectivity index (χ0) is 20.5. The van der Waals surface area contributed by atoms with Crippen LogP contribution in [-0.4, -0.2) is 47.6 Å². The molecular formula is C22H27FN4O2. The Bertz CT molecular complexity index is 797. The summed E-state index contributed by atoms with van der Waals surface area (Å²) in [4.78, 5) is 26.8. The number of hydrogen-bond acceptors (Lipinski definition) is 4. The fourth-order valence-electron chi connectivity index (χ4n) is 5.12. The van der Waals surface area contributed by atoms with Crippen LogP contribution in [0.2, 0.25) is 0 Å². The highest BCUT2D eigenvalue weighted by Crippen LogP contribution is 2.52. The number of anilines is 1. The first kappa shape index (κ1) is 19.8. The molecule has 154 valence electrons. The van der Waals surface area contributed by atoms with Crippen molar-refractivity contribution in [3.05, 3.63) is 30.3 Å². The molecule has 4 aliphatic rings. The summed E-state index contributed by atoms with van der Waals surface area (Å²) < 4.78 is 13.6. The third kappa shape index (κ3) is 3.86. The van der Waals surface area contributed by atoms with Crippen LogP contribution in [0.25, 0.3) is 0 Å². The summed E-state index contributed by atoms with van der Waals surface area (Å²) in [5.41, 5.74) is 0.356. The highest BCUT2D eigenvalue weighted by atomic mass is 19.1. The van der Waals surface area contributed by atoms with E-state index >= 15 is 0 Å². The largest absolute Gasteiger partial charge is 0.326 e. The molecule has 29 heavy (non-hydrogen) atoms. The molecule has 0 aromatic heterocycles. The zero-order valence-electron chi connectivity index (χ0n) is 16.5. The number of halogens is 1. The molecule has 0 spiro atoms. The maximum absolute atomic E-state index is 13.6. The average Bonchev–Trinajstić information content (AvgIpc) is 3.15. The van der Waals surface area contributed by atoms with E-state index in [1.165, 1.54) is 4.90 Å². The number of likely N-dealkylation sites (tertiary alicyclic amines) is 1. The number of nitriles is 1. The lowest BCUT2D eigenvalue weighted by atomic mass is 9.57. The zero-order valence-corrected chi connectivity index (χ0v) is 16.5. The van der Waals surface area contributed by atoms with Gasteiger partial charge in [0.15, 0.2) is 0 Å². The number of para-hydroxylation sites is 1. The topological polar surface area (TPSA) is 85.2 Å². The smallest absolute Gasteiger partial charge is 0.237 e. The monoisotopic (exact) mass is 398 g/mol. The minimum atomic E-state index is -1.12. The summed E-state index contributed by atoms with van der Waals surface area (Å²) in [5, 5.41) is 15.6. The summed E-state index contributed by atoms with van der Waals surface area (Å²) in [6.07, 6.45) is 3.90. The lowest BCUT2D eigenvalue weighted by Crippen LogP contribution is -2.59. The summed E-state index contributed by atoms with van der Waals surface area (Å²) in [7, 11) is 0. The number of amides is 2. The lowest BCUT2D eigenvalue weighted by Gasteiger charge is -2.52. The number of carbonyl (C=O) groups is 2. The number of alkyl halides is 1. The van der Waals surface area contributed by atoms with Crippen LogP contribution >= 0.6 is 0 Å². The Morgan fingerprint density at radius 3 is 2.41 bits per heavy atom. The minimum absolute atomic E-state index is 0.00844. The van der Waals surface area contributed by atoms with Crippen LogP contribution in [-0.2, 0) is 9.59 Å². The van der Waals surface area contributed by atoms with E-state index in [2.05, 4.69) is 10.6 Å². The van der Waals surface area contributed by atoms with Crippen molar-refractivity contribution in [2.45, 2.75) is 62.7 Å². The molecule has 0 radical (unpaired) electrons. The van der Waals surface area contributed by atoms with Crippen LogP contribution in [0.1, 0.15) is 44.9 Å². The molecule has 5 rings (SSSR count). The number of nitrogens with zero attached hydrogens (tertiary/aromatic N) is 2. The SMILES string of the molecule is N#CC1CC(F)CN1C(=O)CNC12CCC(C(=O)Nc3ccccc3)(CC1)CC2. The maximum atomic E-state index is 13.6. The van der Waals surface area contributed by atoms with E-state index in [-0.39, 0.29) is 42.3 Å². The Hall–Kier alpha value is -2.46. The fourth-order valence-corrected chi connectivity index (χ4v) is 5.12. The Morgan fingerprint density at radius 1 is 1.14 bits per heavy atom. The van der Waals surface area contributed by atoms with Crippen molar-refractivity contribution in [3.63, 3.8) is 0 Å². The predicted octanol–water partition coefficient (Wildman–Crippen LogP) is 2.77. The second-order valence-corrected chi connectivity index (χ2v) is 8.76. The third-order valence-corrected chi connectivity index (χ3v) is 7.09. The van der Waals surface area contributed by atoms with Crippen LogP contribution < -0.4 is 10.6 Å². The molecule has 1 aromatic carbocycles. The molecule has 3 saturated carbocycles. The number of nitrogens with one attached hydrogen (secondary N) is 2. The van der Waals surface area contributed by atoms with E-state index in [1.54, 1.807) is 0 Å². The molecule has 4 fully saturated rings. The molecule has 2 N–H and O–H groups in total. The van der Waals surface area contributed by atoms with E-state index < -0.39 is 12.2 Å². The van der Waals surface area contributed by atoms with Crippen molar-refractivity contribution < 1.29 is 14.0 Å². The number of carbonyl (C=O) groups excluding carboxylic acids is 2. The molecule has 1 heterocycles. The van der Waals surface area contributed by atoms with Crippen LogP contribution in [0.3, 0.4) is 0 Å². The van der Waals surface area contributed by atoms with Crippen LogP contribution in [0.15, 0.2) is 30.3 Å². The lowest BCUT2D eigenvalue weighted by molar-refractivity contribution is -0.135. The van der Waals surface area contributed by atoms with E-state index in [1.807, 2.05) is 36.4 Å². The van der Waals surface area contributed by atoms with Crippen molar-refractivity contribution in [1.82, 2.24) is 10.2 Å². The molecule has 1 aliphatic heterocycles. The van der Waals surface area contributed by atoms with Crippen molar-refractivity contribution >= 4 is 17.5 Å². The first-order chi connectivity index (χ1) is 14.0. The number of fused-ring (bicyclic) bond motifs is 3. The van der Waals surface area contributed by atoms with Gasteiger partial charge in [-0.25, -0.2) is 4.39 Å². The molecular weight excluding hydrogens is 371 g/mol. The third-order valence-electron chi connectivity index (χ3n) is 7.09. The van der Waals surface area contributed by atoms with Gasteiger partial charge >= 0.3 is 0 Å². The molecule has 3 aliphatic carbocycles. The summed E-state index contributed by atoms with van der Waals surface area (Å²) in [5.74, 6) is -0.119. The quantitative estimate of drug-likeness (QED) is 0.799. The molecule has 2 unspecified atom stereocenters. The fraction of sp³-hybridized carbons (Fsp3) is 0.591. The molecule has 1 aromatic rings. The van der Waals surface area contributed by atoms with Gasteiger partial charge in [0.05, 0.1) is 19.2 Å². The Morgan fingerprint density at radius 2 is 1.79 bits per heavy atom. The van der Waals surface area contributed by atoms with Crippen molar-refractivity contribution in [1.29, 1.82) is 5.26 Å². The minimum Gasteiger partial charge on any atom is -0.326 e. The molecule has 2 atom stereocenters. The first-order valence-electron chi connectivity index (χ1n) is 10.4. The van der Waals surface area contributed by atoms with Gasteiger partial charge in [-0.2, -0.15) is 5.26 Å². The van der Waals surface area contributed by atoms with Gasteiger partial charge in [-0.1, -0.05) is 18.2 Å². The Kier molecular flexibility index (Phi) is 5.30. The highest BCUT2D eigenvalue weighted by molar-refractivity contribution is 5.95. The molecule has 7 heteroatoms. The number of rotatable bonds is 5. The normalized spacial score (nSPS) is 33.3. The van der Waals surface area contributed by atoms with Crippen LogP contribution in [0.5, 0.6) is 0 Å². The first-order valence-corrected chi connectivity index (χ1v) is 10.4. The van der Waals surface area contributed by atoms with Crippen LogP contribution in [0, 0.1) is 16.7 Å². The molecule has 2 amide bonds. The van der Waals surface area contributed by atoms with Crippen molar-refractivity contribution in [2.75, 3.05) is 18.4 Å². The van der Waals surface area contributed by atoms with Gasteiger partial charge in [-0.15, -0.1) is 0 Å². The molecule has 1 saturated heterocycles. The van der Waals surface area contributed by atoms with E-state index in [9.17, 15) is 14.0 Å². The standard InChI is InChI=1S/C22H27FN4O2/c23-16-12-18(13-24)27(15-16)19(28)14-25-22-9-6-21(7-10-22,8-11-22)20(29)26-17-4-2-1-3-5-17/h1-5,16,18,25H,6-12,14-15H2,(H,26,29). The van der Waals surface area contributed by atoms with Crippen LogP contribution in [0.4, 0.5) is 10.1 Å². The molecule has 2 bridgehead atoms. The summed E-state index contributed by atoms with van der Waals surface area (Å²) in [6, 6.07) is 10.9. The van der Waals surface area contributed by atoms with Gasteiger partial charge in [0, 0.05) is 23.1 Å². The second kappa shape index (κ2) is 7.75.